The molecule has 158 valence electrons. The predicted octanol–water partition coefficient (Wildman–Crippen LogP) is 2.06. The third kappa shape index (κ3) is 1.89. The largest absolute Gasteiger partial charge is 0.492 e. The molecule has 0 saturated carbocycles. The van der Waals surface area contributed by atoms with Gasteiger partial charge in [0.2, 0.25) is 11.5 Å². The second-order valence-electron chi connectivity index (χ2n) is 9.70. The highest BCUT2D eigenvalue weighted by molar-refractivity contribution is 5.93. The van der Waals surface area contributed by atoms with Gasteiger partial charge in [0.15, 0.2) is 5.76 Å². The molecule has 0 aromatic carbocycles. The first-order valence-electron chi connectivity index (χ1n) is 10.9. The van der Waals surface area contributed by atoms with Gasteiger partial charge in [-0.05, 0) is 46.1 Å². The summed E-state index contributed by atoms with van der Waals surface area (Å²) in [5, 5.41) is 9.95. The van der Waals surface area contributed by atoms with Crippen LogP contribution < -0.4 is 0 Å². The lowest BCUT2D eigenvalue weighted by Gasteiger charge is -2.48. The van der Waals surface area contributed by atoms with Gasteiger partial charge in [-0.2, -0.15) is 0 Å². The molecule has 6 aliphatic rings. The Bertz CT molecular complexity index is 863. The van der Waals surface area contributed by atoms with Crippen LogP contribution in [-0.2, 0) is 23.7 Å². The number of allylic oxidation sites excluding steroid dienone is 1. The van der Waals surface area contributed by atoms with Crippen molar-refractivity contribution >= 4 is 5.97 Å². The molecule has 6 aliphatic heterocycles. The van der Waals surface area contributed by atoms with Crippen LogP contribution in [0.4, 0.5) is 0 Å². The van der Waals surface area contributed by atoms with E-state index in [0.717, 1.165) is 32.2 Å². The summed E-state index contributed by atoms with van der Waals surface area (Å²) in [6.07, 6.45) is 3.61. The number of carbonyl (C=O) groups excluding carboxylic acids is 1. The number of ether oxygens (including phenoxy) is 4. The zero-order valence-corrected chi connectivity index (χ0v) is 17.4. The number of piperidine rings is 1. The average Bonchev–Trinajstić information content (AvgIpc) is 3.38. The van der Waals surface area contributed by atoms with Gasteiger partial charge in [0, 0.05) is 17.9 Å². The number of aliphatic hydroxyl groups excluding tert-OH is 1. The Morgan fingerprint density at radius 2 is 2.21 bits per heavy atom. The van der Waals surface area contributed by atoms with E-state index in [2.05, 4.69) is 11.8 Å². The first-order chi connectivity index (χ1) is 13.8. The van der Waals surface area contributed by atoms with Crippen LogP contribution in [0.3, 0.4) is 0 Å². The summed E-state index contributed by atoms with van der Waals surface area (Å²) in [6.45, 7) is 6.82. The van der Waals surface area contributed by atoms with E-state index < -0.39 is 5.79 Å². The highest BCUT2D eigenvalue weighted by Crippen LogP contribution is 2.73. The van der Waals surface area contributed by atoms with Gasteiger partial charge in [-0.25, -0.2) is 4.79 Å². The Morgan fingerprint density at radius 3 is 2.93 bits per heavy atom. The topological polar surface area (TPSA) is 77.5 Å². The Labute approximate surface area is 170 Å². The zero-order chi connectivity index (χ0) is 20.3. The van der Waals surface area contributed by atoms with E-state index in [0.29, 0.717) is 28.9 Å². The molecule has 0 aliphatic carbocycles. The van der Waals surface area contributed by atoms with Gasteiger partial charge in [-0.3, -0.25) is 4.90 Å². The predicted molar refractivity (Wildman–Crippen MR) is 101 cm³/mol. The van der Waals surface area contributed by atoms with Gasteiger partial charge in [0.05, 0.1) is 36.3 Å². The number of cyclic esters (lactones) is 1. The normalized spacial score (nSPS) is 52.2. The summed E-state index contributed by atoms with van der Waals surface area (Å²) in [4.78, 5) is 14.9. The fraction of sp³-hybridized carbons (Fsp3) is 0.773. The van der Waals surface area contributed by atoms with Crippen LogP contribution in [0.2, 0.25) is 0 Å². The summed E-state index contributed by atoms with van der Waals surface area (Å²) in [5.41, 5.74) is 0.451. The van der Waals surface area contributed by atoms with Gasteiger partial charge in [0.1, 0.15) is 5.76 Å². The lowest BCUT2D eigenvalue weighted by atomic mass is 9.69. The van der Waals surface area contributed by atoms with Crippen molar-refractivity contribution in [2.24, 2.45) is 17.8 Å². The van der Waals surface area contributed by atoms with Crippen LogP contribution in [0.15, 0.2) is 22.9 Å². The van der Waals surface area contributed by atoms with E-state index in [4.69, 9.17) is 18.9 Å². The highest BCUT2D eigenvalue weighted by Gasteiger charge is 2.84. The number of carbonyl (C=O) groups is 1. The highest BCUT2D eigenvalue weighted by atomic mass is 16.7. The fourth-order valence-corrected chi connectivity index (χ4v) is 7.62. The minimum Gasteiger partial charge on any atom is -0.492 e. The van der Waals surface area contributed by atoms with Crippen molar-refractivity contribution in [2.45, 2.75) is 76.0 Å². The lowest BCUT2D eigenvalue weighted by molar-refractivity contribution is -0.256. The Morgan fingerprint density at radius 1 is 1.41 bits per heavy atom. The standard InChI is InChI=1S/C22H29NO6/c1-10(24)5-7-21-14-6-8-23(21)13-9-15(21)28-22(14)16(13)11(2)18(29-22)19-17(26-4)12(3)20(25)27-19/h10-11,13-16,24H,5-9H2,1-4H3/b19-18-/t10-,11+,13+,14+,15-,16-,21+,22-/m1/s1. The molecular weight excluding hydrogens is 374 g/mol. The quantitative estimate of drug-likeness (QED) is 0.720. The number of rotatable bonds is 4. The van der Waals surface area contributed by atoms with E-state index in [1.165, 1.54) is 0 Å². The summed E-state index contributed by atoms with van der Waals surface area (Å²) in [7, 11) is 1.56. The van der Waals surface area contributed by atoms with Crippen LogP contribution >= 0.6 is 0 Å². The summed E-state index contributed by atoms with van der Waals surface area (Å²) >= 11 is 0. The SMILES string of the molecule is COC1=C(C)C(=O)O/C1=C1\O[C@@]23O[C@@H]4C[C@@H]([C@H]2[C@@H]1C)N1CC[C@H]3[C@@]41CC[C@@H](C)O. The van der Waals surface area contributed by atoms with E-state index in [1.807, 2.05) is 6.92 Å². The zero-order valence-electron chi connectivity index (χ0n) is 17.4. The van der Waals surface area contributed by atoms with Crippen LogP contribution in [0, 0.1) is 17.8 Å². The first-order valence-corrected chi connectivity index (χ1v) is 10.9. The number of nitrogens with zero attached hydrogens (tertiary/aromatic N) is 1. The van der Waals surface area contributed by atoms with Crippen molar-refractivity contribution in [3.8, 4) is 0 Å². The Balaban J connectivity index is 1.44. The van der Waals surface area contributed by atoms with E-state index in [9.17, 15) is 9.90 Å². The molecule has 5 saturated heterocycles. The van der Waals surface area contributed by atoms with Crippen molar-refractivity contribution in [3.63, 3.8) is 0 Å². The molecule has 0 aromatic heterocycles. The van der Waals surface area contributed by atoms with Gasteiger partial charge in [0.25, 0.3) is 0 Å². The summed E-state index contributed by atoms with van der Waals surface area (Å²) in [5.74, 6) is 1.15. The number of esters is 1. The molecule has 1 spiro atoms. The van der Waals surface area contributed by atoms with Crippen LogP contribution in [0.1, 0.15) is 46.5 Å². The molecule has 5 fully saturated rings. The maximum Gasteiger partial charge on any atom is 0.343 e. The monoisotopic (exact) mass is 403 g/mol. The number of hydrogen-bond acceptors (Lipinski definition) is 7. The fourth-order valence-electron chi connectivity index (χ4n) is 7.62. The molecule has 0 aromatic rings. The van der Waals surface area contributed by atoms with Crippen LogP contribution in [-0.4, -0.2) is 59.2 Å². The maximum atomic E-state index is 12.2. The van der Waals surface area contributed by atoms with Gasteiger partial charge >= 0.3 is 5.97 Å². The van der Waals surface area contributed by atoms with Crippen molar-refractivity contribution in [1.29, 1.82) is 0 Å². The summed E-state index contributed by atoms with van der Waals surface area (Å²) in [6, 6.07) is 0.405. The minimum absolute atomic E-state index is 0.0276. The van der Waals surface area contributed by atoms with Crippen molar-refractivity contribution in [3.05, 3.63) is 22.9 Å². The van der Waals surface area contributed by atoms with E-state index >= 15 is 0 Å². The molecule has 1 unspecified atom stereocenters. The third-order valence-electron chi connectivity index (χ3n) is 8.56. The lowest BCUT2D eigenvalue weighted by Crippen LogP contribution is -2.61. The second kappa shape index (κ2) is 5.56. The third-order valence-corrected chi connectivity index (χ3v) is 8.56. The van der Waals surface area contributed by atoms with Gasteiger partial charge in [-0.15, -0.1) is 0 Å². The molecule has 0 radical (unpaired) electrons. The molecule has 6 rings (SSSR count). The minimum atomic E-state index is -0.650. The number of methoxy groups -OCH3 is 1. The number of aliphatic hydroxyl groups is 1. The smallest absolute Gasteiger partial charge is 0.343 e. The van der Waals surface area contributed by atoms with Crippen molar-refractivity contribution < 1.29 is 28.8 Å². The van der Waals surface area contributed by atoms with Crippen LogP contribution in [0.25, 0.3) is 0 Å². The Hall–Kier alpha value is -1.57. The molecule has 0 amide bonds. The molecule has 29 heavy (non-hydrogen) atoms. The Kier molecular flexibility index (Phi) is 3.49. The molecule has 7 nitrogen and oxygen atoms in total. The van der Waals surface area contributed by atoms with Crippen LogP contribution in [0.5, 0.6) is 0 Å². The van der Waals surface area contributed by atoms with Crippen molar-refractivity contribution in [2.75, 3.05) is 13.7 Å². The van der Waals surface area contributed by atoms with Gasteiger partial charge in [-0.1, -0.05) is 6.92 Å². The molecule has 5 bridgehead atoms. The molecule has 9 atom stereocenters. The molecule has 1 N–H and O–H groups in total. The number of fused-ring (bicyclic) bond motifs is 1. The van der Waals surface area contributed by atoms with E-state index in [1.54, 1.807) is 14.0 Å². The summed E-state index contributed by atoms with van der Waals surface area (Å²) < 4.78 is 24.5. The van der Waals surface area contributed by atoms with E-state index in [-0.39, 0.29) is 41.5 Å². The molecule has 6 heterocycles. The average molecular weight is 403 g/mol. The molecule has 7 heteroatoms. The number of hydrogen-bond donors (Lipinski definition) is 1. The van der Waals surface area contributed by atoms with Gasteiger partial charge < -0.3 is 24.1 Å². The maximum absolute atomic E-state index is 12.2. The first kappa shape index (κ1) is 18.2. The molecular formula is C22H29NO6. The second-order valence-corrected chi connectivity index (χ2v) is 9.70. The van der Waals surface area contributed by atoms with Crippen molar-refractivity contribution in [1.82, 2.24) is 4.90 Å².